The van der Waals surface area contributed by atoms with Gasteiger partial charge in [0.05, 0.1) is 11.0 Å². The van der Waals surface area contributed by atoms with Crippen LogP contribution in [0.25, 0.3) is 0 Å². The van der Waals surface area contributed by atoms with Crippen LogP contribution in [0.4, 0.5) is 5.69 Å². The van der Waals surface area contributed by atoms with Crippen LogP contribution in [0.2, 0.25) is 0 Å². The number of β-amino-alcohol motifs (C(OH)–C–C–N with tert-alkyl or cyclic N) is 1. The molecule has 1 heterocycles. The molecule has 1 aliphatic rings. The van der Waals surface area contributed by atoms with Gasteiger partial charge >= 0.3 is 0 Å². The number of likely N-dealkylation sites (tertiary alicyclic amines) is 1. The molecule has 0 aromatic heterocycles. The highest BCUT2D eigenvalue weighted by atomic mass is 16.6. The first-order valence-corrected chi connectivity index (χ1v) is 5.70. The van der Waals surface area contributed by atoms with Gasteiger partial charge in [0.15, 0.2) is 0 Å². The molecule has 0 radical (unpaired) electrons. The van der Waals surface area contributed by atoms with Crippen molar-refractivity contribution in [2.75, 3.05) is 13.1 Å². The number of hydrogen-bond donors (Lipinski definition) is 1. The van der Waals surface area contributed by atoms with Crippen LogP contribution in [0.15, 0.2) is 18.2 Å². The van der Waals surface area contributed by atoms with E-state index in [-0.39, 0.29) is 16.7 Å². The van der Waals surface area contributed by atoms with Gasteiger partial charge in [-0.3, -0.25) is 15.0 Å². The predicted molar refractivity (Wildman–Crippen MR) is 63.7 cm³/mol. The Hall–Kier alpha value is -1.46. The van der Waals surface area contributed by atoms with Crippen molar-refractivity contribution >= 4 is 5.69 Å². The van der Waals surface area contributed by atoms with Crippen molar-refractivity contribution in [2.45, 2.75) is 26.0 Å². The summed E-state index contributed by atoms with van der Waals surface area (Å²) in [7, 11) is 0. The third kappa shape index (κ3) is 2.81. The number of rotatable bonds is 3. The fraction of sp³-hybridized carbons (Fsp3) is 0.500. The van der Waals surface area contributed by atoms with Crippen molar-refractivity contribution in [1.29, 1.82) is 0 Å². The molecule has 2 rings (SSSR count). The molecule has 1 aromatic carbocycles. The zero-order valence-electron chi connectivity index (χ0n) is 9.80. The average molecular weight is 236 g/mol. The van der Waals surface area contributed by atoms with Crippen LogP contribution in [0.1, 0.15) is 17.5 Å². The molecule has 5 nitrogen and oxygen atoms in total. The Kier molecular flexibility index (Phi) is 3.40. The Labute approximate surface area is 99.8 Å². The van der Waals surface area contributed by atoms with Crippen LogP contribution in [0.3, 0.4) is 0 Å². The van der Waals surface area contributed by atoms with Crippen molar-refractivity contribution in [3.8, 4) is 0 Å². The van der Waals surface area contributed by atoms with Gasteiger partial charge in [0.2, 0.25) is 0 Å². The first kappa shape index (κ1) is 12.0. The molecule has 1 aromatic rings. The van der Waals surface area contributed by atoms with Gasteiger partial charge < -0.3 is 5.11 Å². The molecule has 0 saturated carbocycles. The van der Waals surface area contributed by atoms with E-state index in [0.29, 0.717) is 18.7 Å². The Morgan fingerprint density at radius 2 is 2.35 bits per heavy atom. The van der Waals surface area contributed by atoms with Crippen LogP contribution in [0.5, 0.6) is 0 Å². The van der Waals surface area contributed by atoms with Gasteiger partial charge in [0.1, 0.15) is 0 Å². The van der Waals surface area contributed by atoms with E-state index in [1.807, 2.05) is 6.07 Å². The molecule has 0 unspecified atom stereocenters. The molecule has 5 heteroatoms. The summed E-state index contributed by atoms with van der Waals surface area (Å²) < 4.78 is 0. The third-order valence-electron chi connectivity index (χ3n) is 3.12. The number of aryl methyl sites for hydroxylation is 1. The van der Waals surface area contributed by atoms with E-state index in [0.717, 1.165) is 18.5 Å². The quantitative estimate of drug-likeness (QED) is 0.637. The van der Waals surface area contributed by atoms with Gasteiger partial charge in [-0.25, -0.2) is 0 Å². The predicted octanol–water partition coefficient (Wildman–Crippen LogP) is 1.47. The molecule has 0 bridgehead atoms. The Bertz CT molecular complexity index is 434. The van der Waals surface area contributed by atoms with Gasteiger partial charge in [-0.2, -0.15) is 0 Å². The van der Waals surface area contributed by atoms with Gasteiger partial charge in [-0.05, 0) is 18.9 Å². The zero-order valence-corrected chi connectivity index (χ0v) is 9.80. The number of hydrogen-bond acceptors (Lipinski definition) is 4. The first-order chi connectivity index (χ1) is 8.06. The van der Waals surface area contributed by atoms with Crippen molar-refractivity contribution in [3.63, 3.8) is 0 Å². The van der Waals surface area contributed by atoms with Gasteiger partial charge in [0.25, 0.3) is 5.69 Å². The fourth-order valence-corrected chi connectivity index (χ4v) is 2.16. The van der Waals surface area contributed by atoms with Crippen LogP contribution >= 0.6 is 0 Å². The summed E-state index contributed by atoms with van der Waals surface area (Å²) in [6.07, 6.45) is 0.531. The minimum Gasteiger partial charge on any atom is -0.392 e. The SMILES string of the molecule is Cc1ccc(CN2CC[C@H](O)C2)cc1[N+](=O)[O-]. The molecule has 1 aliphatic heterocycles. The molecule has 0 aliphatic carbocycles. The Balaban J connectivity index is 2.11. The first-order valence-electron chi connectivity index (χ1n) is 5.70. The third-order valence-corrected chi connectivity index (χ3v) is 3.12. The second-order valence-corrected chi connectivity index (χ2v) is 4.56. The van der Waals surface area contributed by atoms with E-state index in [1.165, 1.54) is 0 Å². The lowest BCUT2D eigenvalue weighted by Crippen LogP contribution is -2.21. The second kappa shape index (κ2) is 4.81. The minimum atomic E-state index is -0.350. The number of benzene rings is 1. The number of nitrogens with zero attached hydrogens (tertiary/aromatic N) is 2. The van der Waals surface area contributed by atoms with Crippen LogP contribution < -0.4 is 0 Å². The molecule has 1 N–H and O–H groups in total. The highest BCUT2D eigenvalue weighted by Crippen LogP contribution is 2.21. The standard InChI is InChI=1S/C12H16N2O3/c1-9-2-3-10(6-12(9)14(16)17)7-13-5-4-11(15)8-13/h2-3,6,11,15H,4-5,7-8H2,1H3/t11-/m0/s1. The summed E-state index contributed by atoms with van der Waals surface area (Å²) in [6, 6.07) is 5.31. The van der Waals surface area contributed by atoms with E-state index >= 15 is 0 Å². The normalized spacial score (nSPS) is 20.7. The van der Waals surface area contributed by atoms with Crippen LogP contribution in [-0.4, -0.2) is 34.1 Å². The van der Waals surface area contributed by atoms with Crippen molar-refractivity contribution in [2.24, 2.45) is 0 Å². The highest BCUT2D eigenvalue weighted by molar-refractivity contribution is 5.42. The fourth-order valence-electron chi connectivity index (χ4n) is 2.16. The number of nitro benzene ring substituents is 1. The van der Waals surface area contributed by atoms with Crippen LogP contribution in [-0.2, 0) is 6.54 Å². The number of nitro groups is 1. The van der Waals surface area contributed by atoms with E-state index in [4.69, 9.17) is 0 Å². The lowest BCUT2D eigenvalue weighted by Gasteiger charge is -2.14. The zero-order chi connectivity index (χ0) is 12.4. The molecule has 1 saturated heterocycles. The summed E-state index contributed by atoms with van der Waals surface area (Å²) in [5, 5.41) is 20.2. The maximum absolute atomic E-state index is 10.8. The van der Waals surface area contributed by atoms with Crippen molar-refractivity contribution < 1.29 is 10.0 Å². The lowest BCUT2D eigenvalue weighted by atomic mass is 10.1. The molecule has 0 amide bonds. The smallest absolute Gasteiger partial charge is 0.272 e. The average Bonchev–Trinajstić information content (AvgIpc) is 2.66. The molecular formula is C12H16N2O3. The van der Waals surface area contributed by atoms with Crippen molar-refractivity contribution in [1.82, 2.24) is 4.90 Å². The van der Waals surface area contributed by atoms with E-state index in [2.05, 4.69) is 4.90 Å². The molecular weight excluding hydrogens is 220 g/mol. The molecule has 0 spiro atoms. The van der Waals surface area contributed by atoms with Gasteiger partial charge in [0, 0.05) is 31.3 Å². The van der Waals surface area contributed by atoms with Crippen molar-refractivity contribution in [3.05, 3.63) is 39.4 Å². The summed E-state index contributed by atoms with van der Waals surface area (Å²) in [5.74, 6) is 0. The molecule has 92 valence electrons. The maximum Gasteiger partial charge on any atom is 0.272 e. The molecule has 1 fully saturated rings. The van der Waals surface area contributed by atoms with E-state index in [9.17, 15) is 15.2 Å². The monoisotopic (exact) mass is 236 g/mol. The highest BCUT2D eigenvalue weighted by Gasteiger charge is 2.20. The number of aliphatic hydroxyl groups excluding tert-OH is 1. The van der Waals surface area contributed by atoms with Crippen LogP contribution in [0, 0.1) is 17.0 Å². The lowest BCUT2D eigenvalue weighted by molar-refractivity contribution is -0.385. The Morgan fingerprint density at radius 1 is 1.59 bits per heavy atom. The number of aliphatic hydroxyl groups is 1. The van der Waals surface area contributed by atoms with Gasteiger partial charge in [-0.1, -0.05) is 12.1 Å². The van der Waals surface area contributed by atoms with E-state index < -0.39 is 0 Å². The largest absolute Gasteiger partial charge is 0.392 e. The summed E-state index contributed by atoms with van der Waals surface area (Å²) >= 11 is 0. The van der Waals surface area contributed by atoms with E-state index in [1.54, 1.807) is 19.1 Å². The summed E-state index contributed by atoms with van der Waals surface area (Å²) in [5.41, 5.74) is 1.78. The minimum absolute atomic E-state index is 0.169. The molecule has 17 heavy (non-hydrogen) atoms. The summed E-state index contributed by atoms with van der Waals surface area (Å²) in [4.78, 5) is 12.6. The second-order valence-electron chi connectivity index (χ2n) is 4.56. The molecule has 1 atom stereocenters. The Morgan fingerprint density at radius 3 is 2.94 bits per heavy atom. The summed E-state index contributed by atoms with van der Waals surface area (Å²) in [6.45, 7) is 3.91. The topological polar surface area (TPSA) is 66.6 Å². The maximum atomic E-state index is 10.8. The van der Waals surface area contributed by atoms with Gasteiger partial charge in [-0.15, -0.1) is 0 Å².